The van der Waals surface area contributed by atoms with E-state index in [1.165, 1.54) is 12.1 Å². The van der Waals surface area contributed by atoms with Crippen molar-refractivity contribution in [3.05, 3.63) is 68.2 Å². The Hall–Kier alpha value is -2.21. The van der Waals surface area contributed by atoms with Crippen molar-refractivity contribution in [2.24, 2.45) is 0 Å². The van der Waals surface area contributed by atoms with E-state index >= 15 is 0 Å². The first kappa shape index (κ1) is 15.2. The molecule has 0 aliphatic carbocycles. The van der Waals surface area contributed by atoms with Gasteiger partial charge < -0.3 is 5.32 Å². The fraction of sp³-hybridized carbons (Fsp3) is 0.133. The zero-order chi connectivity index (χ0) is 15.4. The van der Waals surface area contributed by atoms with Crippen molar-refractivity contribution >= 4 is 33.2 Å². The van der Waals surface area contributed by atoms with Crippen LogP contribution >= 0.6 is 15.9 Å². The molecule has 2 rings (SSSR count). The van der Waals surface area contributed by atoms with Crippen molar-refractivity contribution < 1.29 is 9.72 Å². The van der Waals surface area contributed by atoms with Gasteiger partial charge in [0.25, 0.3) is 5.69 Å². The maximum Gasteiger partial charge on any atom is 0.269 e. The van der Waals surface area contributed by atoms with Gasteiger partial charge in [0, 0.05) is 16.6 Å². The minimum Gasteiger partial charge on any atom is -0.325 e. The summed E-state index contributed by atoms with van der Waals surface area (Å²) < 4.78 is 0.792. The van der Waals surface area contributed by atoms with E-state index < -0.39 is 4.92 Å². The van der Waals surface area contributed by atoms with Crippen molar-refractivity contribution in [3.63, 3.8) is 0 Å². The zero-order valence-electron chi connectivity index (χ0n) is 11.3. The molecule has 0 bridgehead atoms. The number of aryl methyl sites for hydroxylation is 1. The number of hydrogen-bond donors (Lipinski definition) is 1. The summed E-state index contributed by atoms with van der Waals surface area (Å²) in [6.07, 6.45) is 0.0854. The molecule has 108 valence electrons. The number of hydrogen-bond acceptors (Lipinski definition) is 3. The molecule has 1 N–H and O–H groups in total. The van der Waals surface area contributed by atoms with E-state index in [1.54, 1.807) is 12.1 Å². The second-order valence-corrected chi connectivity index (χ2v) is 5.49. The zero-order valence-corrected chi connectivity index (χ0v) is 12.9. The first-order chi connectivity index (χ1) is 9.95. The first-order valence-electron chi connectivity index (χ1n) is 6.25. The number of halogens is 1. The van der Waals surface area contributed by atoms with Crippen LogP contribution in [0.2, 0.25) is 0 Å². The number of carbonyl (C=O) groups is 1. The van der Waals surface area contributed by atoms with Crippen molar-refractivity contribution in [3.8, 4) is 0 Å². The summed E-state index contributed by atoms with van der Waals surface area (Å²) in [7, 11) is 0. The Bertz CT molecular complexity index is 701. The van der Waals surface area contributed by atoms with Crippen LogP contribution in [0.25, 0.3) is 0 Å². The van der Waals surface area contributed by atoms with Gasteiger partial charge >= 0.3 is 0 Å². The molecule has 0 aliphatic rings. The minimum atomic E-state index is -0.474. The molecule has 0 aromatic heterocycles. The van der Waals surface area contributed by atoms with Gasteiger partial charge in [0.15, 0.2) is 0 Å². The number of amides is 1. The van der Waals surface area contributed by atoms with Gasteiger partial charge in [-0.05, 0) is 46.1 Å². The predicted octanol–water partition coefficient (Wildman–Crippen LogP) is 3.85. The number of carbonyl (C=O) groups excluding carboxylic acids is 1. The summed E-state index contributed by atoms with van der Waals surface area (Å²) in [6.45, 7) is 1.93. The summed E-state index contributed by atoms with van der Waals surface area (Å²) in [5, 5.41) is 13.5. The lowest BCUT2D eigenvalue weighted by molar-refractivity contribution is -0.384. The maximum atomic E-state index is 12.0. The van der Waals surface area contributed by atoms with Crippen molar-refractivity contribution in [2.75, 3.05) is 5.32 Å². The number of nitrogens with zero attached hydrogens (tertiary/aromatic N) is 1. The van der Waals surface area contributed by atoms with Crippen LogP contribution in [0.3, 0.4) is 0 Å². The van der Waals surface area contributed by atoms with E-state index in [-0.39, 0.29) is 18.0 Å². The molecule has 6 heteroatoms. The Morgan fingerprint density at radius 3 is 2.76 bits per heavy atom. The van der Waals surface area contributed by atoms with Gasteiger partial charge in [-0.1, -0.05) is 18.2 Å². The van der Waals surface area contributed by atoms with Crippen molar-refractivity contribution in [1.82, 2.24) is 0 Å². The summed E-state index contributed by atoms with van der Waals surface area (Å²) in [6, 6.07) is 11.7. The van der Waals surface area contributed by atoms with Gasteiger partial charge in [0.05, 0.1) is 17.0 Å². The molecule has 0 aliphatic heterocycles. The van der Waals surface area contributed by atoms with E-state index in [4.69, 9.17) is 0 Å². The van der Waals surface area contributed by atoms with Gasteiger partial charge in [-0.2, -0.15) is 0 Å². The van der Waals surface area contributed by atoms with Crippen LogP contribution in [0.4, 0.5) is 11.4 Å². The van der Waals surface area contributed by atoms with Gasteiger partial charge in [0.1, 0.15) is 0 Å². The smallest absolute Gasteiger partial charge is 0.269 e. The third kappa shape index (κ3) is 4.13. The highest BCUT2D eigenvalue weighted by Gasteiger charge is 2.10. The molecule has 0 radical (unpaired) electrons. The number of nitrogens with one attached hydrogen (secondary N) is 1. The quantitative estimate of drug-likeness (QED) is 0.673. The lowest BCUT2D eigenvalue weighted by Gasteiger charge is -2.08. The summed E-state index contributed by atoms with van der Waals surface area (Å²) in [5.41, 5.74) is 2.30. The molecule has 0 unspecified atom stereocenters. The van der Waals surface area contributed by atoms with Crippen LogP contribution in [0, 0.1) is 17.0 Å². The molecule has 0 spiro atoms. The van der Waals surface area contributed by atoms with E-state index in [2.05, 4.69) is 21.2 Å². The van der Waals surface area contributed by atoms with E-state index in [9.17, 15) is 14.9 Å². The molecule has 5 nitrogen and oxygen atoms in total. The number of benzene rings is 2. The molecule has 0 heterocycles. The van der Waals surface area contributed by atoms with E-state index in [0.29, 0.717) is 11.3 Å². The molecule has 2 aromatic rings. The number of anilines is 1. The third-order valence-corrected chi connectivity index (χ3v) is 3.57. The Labute approximate surface area is 130 Å². The van der Waals surface area contributed by atoms with Crippen LogP contribution in [0.5, 0.6) is 0 Å². The number of nitro benzene ring substituents is 1. The molecule has 2 aromatic carbocycles. The van der Waals surface area contributed by atoms with Crippen LogP contribution in [0.1, 0.15) is 11.1 Å². The lowest BCUT2D eigenvalue weighted by atomic mass is 10.1. The Kier molecular flexibility index (Phi) is 4.70. The number of non-ortho nitro benzene ring substituents is 1. The summed E-state index contributed by atoms with van der Waals surface area (Å²) in [5.74, 6) is -0.221. The Morgan fingerprint density at radius 2 is 2.05 bits per heavy atom. The normalized spacial score (nSPS) is 10.2. The highest BCUT2D eigenvalue weighted by Crippen LogP contribution is 2.23. The van der Waals surface area contributed by atoms with Crippen LogP contribution < -0.4 is 5.32 Å². The van der Waals surface area contributed by atoms with Gasteiger partial charge in [-0.3, -0.25) is 14.9 Å². The SMILES string of the molecule is Cc1ccc(Br)c(NC(=O)Cc2cccc([N+](=O)[O-])c2)c1. The average Bonchev–Trinajstić information content (AvgIpc) is 2.43. The molecular weight excluding hydrogens is 336 g/mol. The molecule has 0 atom stereocenters. The maximum absolute atomic E-state index is 12.0. The average molecular weight is 349 g/mol. The van der Waals surface area contributed by atoms with Gasteiger partial charge in [0.2, 0.25) is 5.91 Å². The second kappa shape index (κ2) is 6.49. The topological polar surface area (TPSA) is 72.2 Å². The van der Waals surface area contributed by atoms with Gasteiger partial charge in [-0.25, -0.2) is 0 Å². The Morgan fingerprint density at radius 1 is 1.29 bits per heavy atom. The molecule has 0 saturated heterocycles. The monoisotopic (exact) mass is 348 g/mol. The molecule has 0 fully saturated rings. The van der Waals surface area contributed by atoms with Crippen LogP contribution in [-0.2, 0) is 11.2 Å². The first-order valence-corrected chi connectivity index (χ1v) is 7.04. The standard InChI is InChI=1S/C15H13BrN2O3/c1-10-5-6-13(16)14(7-10)17-15(19)9-11-3-2-4-12(8-11)18(20)21/h2-8H,9H2,1H3,(H,17,19). The number of rotatable bonds is 4. The lowest BCUT2D eigenvalue weighted by Crippen LogP contribution is -2.14. The minimum absolute atomic E-state index is 0.0166. The fourth-order valence-corrected chi connectivity index (χ4v) is 2.24. The second-order valence-electron chi connectivity index (χ2n) is 4.64. The van der Waals surface area contributed by atoms with Gasteiger partial charge in [-0.15, -0.1) is 0 Å². The van der Waals surface area contributed by atoms with Crippen molar-refractivity contribution in [1.29, 1.82) is 0 Å². The van der Waals surface area contributed by atoms with Crippen LogP contribution in [0.15, 0.2) is 46.9 Å². The molecular formula is C15H13BrN2O3. The molecule has 0 saturated carbocycles. The third-order valence-electron chi connectivity index (χ3n) is 2.88. The summed E-state index contributed by atoms with van der Waals surface area (Å²) >= 11 is 3.37. The highest BCUT2D eigenvalue weighted by atomic mass is 79.9. The highest BCUT2D eigenvalue weighted by molar-refractivity contribution is 9.10. The van der Waals surface area contributed by atoms with E-state index in [0.717, 1.165) is 10.0 Å². The number of nitro groups is 1. The molecule has 21 heavy (non-hydrogen) atoms. The molecule has 1 amide bonds. The largest absolute Gasteiger partial charge is 0.325 e. The Balaban J connectivity index is 2.10. The van der Waals surface area contributed by atoms with Crippen molar-refractivity contribution in [2.45, 2.75) is 13.3 Å². The summed E-state index contributed by atoms with van der Waals surface area (Å²) in [4.78, 5) is 22.3. The van der Waals surface area contributed by atoms with Crippen LogP contribution in [-0.4, -0.2) is 10.8 Å². The van der Waals surface area contributed by atoms with E-state index in [1.807, 2.05) is 25.1 Å². The fourth-order valence-electron chi connectivity index (χ4n) is 1.89. The predicted molar refractivity (Wildman–Crippen MR) is 84.3 cm³/mol.